The maximum Gasteiger partial charge on any atom is 0.326 e. The predicted molar refractivity (Wildman–Crippen MR) is 157 cm³/mol. The van der Waals surface area contributed by atoms with E-state index in [9.17, 15) is 44.1 Å². The minimum atomic E-state index is -1.59. The summed E-state index contributed by atoms with van der Waals surface area (Å²) in [5.41, 5.74) is 21.2. The van der Waals surface area contributed by atoms with Gasteiger partial charge in [0.1, 0.15) is 30.2 Å². The Balaban J connectivity index is 5.50. The number of hydrogen-bond donors (Lipinski definition) is 13. The van der Waals surface area contributed by atoms with Crippen LogP contribution in [0.15, 0.2) is 4.99 Å². The number of carbonyl (C=O) groups excluding carboxylic acids is 5. The van der Waals surface area contributed by atoms with Crippen molar-refractivity contribution >= 4 is 54.1 Å². The number of thiol groups is 1. The second-order valence-corrected chi connectivity index (χ2v) is 9.55. The second kappa shape index (κ2) is 21.9. The van der Waals surface area contributed by atoms with Gasteiger partial charge < -0.3 is 64.8 Å². The number of aliphatic carboxylic acids is 1. The Morgan fingerprint density at radius 1 is 0.674 bits per heavy atom. The number of carbonyl (C=O) groups is 6. The molecule has 0 saturated carbocycles. The summed E-state index contributed by atoms with van der Waals surface area (Å²) >= 11 is 4.06. The topological polar surface area (TPSA) is 340 Å². The van der Waals surface area contributed by atoms with Gasteiger partial charge in [-0.05, 0) is 38.6 Å². The SMILES string of the molecule is NCCCC[C@H](NC(=O)[C@H](CS)NC(=O)[C@H](CO)NC(=O)[C@H](CO)NC(=O)CN)C(=O)N[C@@H](CCCN=C(N)N)C(=O)O. The van der Waals surface area contributed by atoms with Gasteiger partial charge in [-0.15, -0.1) is 0 Å². The number of nitrogens with one attached hydrogen (secondary N) is 5. The number of unbranched alkanes of at least 4 members (excludes halogenated alkanes) is 1. The van der Waals surface area contributed by atoms with E-state index in [0.717, 1.165) is 0 Å². The quantitative estimate of drug-likeness (QED) is 0.0228. The smallest absolute Gasteiger partial charge is 0.326 e. The zero-order chi connectivity index (χ0) is 32.9. The van der Waals surface area contributed by atoms with Crippen LogP contribution in [0.2, 0.25) is 0 Å². The molecule has 0 rings (SSSR count). The van der Waals surface area contributed by atoms with Gasteiger partial charge in [-0.25, -0.2) is 4.79 Å². The average molecular weight is 637 g/mol. The van der Waals surface area contributed by atoms with E-state index in [0.29, 0.717) is 19.4 Å². The van der Waals surface area contributed by atoms with E-state index in [1.54, 1.807) is 0 Å². The molecule has 0 aromatic carbocycles. The van der Waals surface area contributed by atoms with Crippen LogP contribution in [0.1, 0.15) is 32.1 Å². The number of nitrogens with zero attached hydrogens (tertiary/aromatic N) is 1. The zero-order valence-corrected chi connectivity index (χ0v) is 24.6. The van der Waals surface area contributed by atoms with Gasteiger partial charge in [-0.1, -0.05) is 0 Å². The van der Waals surface area contributed by atoms with Crippen molar-refractivity contribution in [1.82, 2.24) is 26.6 Å². The molecule has 0 spiro atoms. The normalized spacial score (nSPS) is 14.2. The molecule has 0 aliphatic carbocycles. The number of aliphatic imine (C=N–C) groups is 1. The van der Waals surface area contributed by atoms with Gasteiger partial charge in [0.25, 0.3) is 0 Å². The maximum atomic E-state index is 13.0. The summed E-state index contributed by atoms with van der Waals surface area (Å²) in [4.78, 5) is 78.0. The number of aliphatic hydroxyl groups is 2. The summed E-state index contributed by atoms with van der Waals surface area (Å²) in [5, 5.41) is 39.9. The lowest BCUT2D eigenvalue weighted by Crippen LogP contribution is -2.60. The number of rotatable bonds is 22. The van der Waals surface area contributed by atoms with Gasteiger partial charge in [0, 0.05) is 12.3 Å². The van der Waals surface area contributed by atoms with Crippen molar-refractivity contribution in [3.05, 3.63) is 0 Å². The first-order valence-corrected chi connectivity index (χ1v) is 14.0. The fourth-order valence-corrected chi connectivity index (χ4v) is 3.70. The van der Waals surface area contributed by atoms with Crippen molar-refractivity contribution in [2.24, 2.45) is 27.9 Å². The van der Waals surface area contributed by atoms with E-state index >= 15 is 0 Å². The first kappa shape index (κ1) is 39.3. The summed E-state index contributed by atoms with van der Waals surface area (Å²) in [6, 6.07) is -6.92. The standard InChI is InChI=1S/C23H44N10O9S/c24-6-2-1-4-12(18(37)31-13(22(41)42)5-3-7-28-23(26)27)30-21(40)16(11-43)33-20(39)15(10-35)32-19(38)14(9-34)29-17(36)8-25/h12-16,34-35,43H,1-11,24-25H2,(H,29,36)(H,30,40)(H,31,37)(H,32,38)(H,33,39)(H,41,42)(H4,26,27,28)/t12-,13-,14-,15-,16-/m0/s1. The highest BCUT2D eigenvalue weighted by atomic mass is 32.1. The van der Waals surface area contributed by atoms with Gasteiger partial charge in [-0.3, -0.25) is 29.0 Å². The van der Waals surface area contributed by atoms with Gasteiger partial charge in [0.2, 0.25) is 29.5 Å². The molecule has 19 nitrogen and oxygen atoms in total. The van der Waals surface area contributed by atoms with Crippen molar-refractivity contribution in [1.29, 1.82) is 0 Å². The Labute approximate surface area is 253 Å². The molecule has 5 amide bonds. The molecule has 0 saturated heterocycles. The molecule has 0 aromatic heterocycles. The van der Waals surface area contributed by atoms with Crippen LogP contribution < -0.4 is 49.5 Å². The molecule has 0 radical (unpaired) electrons. The monoisotopic (exact) mass is 636 g/mol. The lowest BCUT2D eigenvalue weighted by Gasteiger charge is -2.25. The van der Waals surface area contributed by atoms with E-state index in [-0.39, 0.29) is 37.5 Å². The van der Waals surface area contributed by atoms with Crippen LogP contribution >= 0.6 is 12.6 Å². The highest BCUT2D eigenvalue weighted by Gasteiger charge is 2.31. The van der Waals surface area contributed by atoms with E-state index in [1.165, 1.54) is 0 Å². The van der Waals surface area contributed by atoms with Crippen LogP contribution in [0.4, 0.5) is 0 Å². The first-order chi connectivity index (χ1) is 20.3. The minimum Gasteiger partial charge on any atom is -0.480 e. The molecular weight excluding hydrogens is 592 g/mol. The minimum absolute atomic E-state index is 0.00203. The molecule has 43 heavy (non-hydrogen) atoms. The average Bonchev–Trinajstić information content (AvgIpc) is 2.97. The molecule has 246 valence electrons. The summed E-state index contributed by atoms with van der Waals surface area (Å²) in [6.45, 7) is -1.76. The summed E-state index contributed by atoms with van der Waals surface area (Å²) in [6.07, 6.45) is 1.24. The van der Waals surface area contributed by atoms with Gasteiger partial charge in [0.15, 0.2) is 5.96 Å². The lowest BCUT2D eigenvalue weighted by molar-refractivity contribution is -0.142. The van der Waals surface area contributed by atoms with Crippen molar-refractivity contribution in [2.45, 2.75) is 62.3 Å². The zero-order valence-electron chi connectivity index (χ0n) is 23.7. The fraction of sp³-hybridized carbons (Fsp3) is 0.696. The highest BCUT2D eigenvalue weighted by molar-refractivity contribution is 7.80. The number of hydrogen-bond acceptors (Lipinski definition) is 12. The fourth-order valence-electron chi connectivity index (χ4n) is 3.45. The molecule has 0 aliphatic rings. The van der Waals surface area contributed by atoms with E-state index in [2.05, 4.69) is 44.2 Å². The summed E-state index contributed by atoms with van der Waals surface area (Å²) in [5.74, 6) is -6.17. The highest BCUT2D eigenvalue weighted by Crippen LogP contribution is 2.06. The van der Waals surface area contributed by atoms with Crippen LogP contribution in [-0.2, 0) is 28.8 Å². The Hall–Kier alpha value is -3.72. The lowest BCUT2D eigenvalue weighted by atomic mass is 10.1. The third-order valence-electron chi connectivity index (χ3n) is 5.79. The summed E-state index contributed by atoms with van der Waals surface area (Å²) < 4.78 is 0. The molecule has 20 heteroatoms. The molecule has 5 atom stereocenters. The van der Waals surface area contributed by atoms with Crippen LogP contribution in [0.3, 0.4) is 0 Å². The van der Waals surface area contributed by atoms with Crippen molar-refractivity contribution in [2.75, 3.05) is 38.6 Å². The van der Waals surface area contributed by atoms with Gasteiger partial charge in [0.05, 0.1) is 19.8 Å². The van der Waals surface area contributed by atoms with Crippen LogP contribution in [0, 0.1) is 0 Å². The third kappa shape index (κ3) is 15.9. The van der Waals surface area contributed by atoms with Crippen molar-refractivity contribution in [3.8, 4) is 0 Å². The molecule has 0 bridgehead atoms. The van der Waals surface area contributed by atoms with Crippen molar-refractivity contribution in [3.63, 3.8) is 0 Å². The van der Waals surface area contributed by atoms with E-state index < -0.39 is 85.5 Å². The Morgan fingerprint density at radius 2 is 1.14 bits per heavy atom. The Bertz CT molecular complexity index is 968. The van der Waals surface area contributed by atoms with Crippen LogP contribution in [0.5, 0.6) is 0 Å². The molecule has 0 aromatic rings. The van der Waals surface area contributed by atoms with E-state index in [4.69, 9.17) is 22.9 Å². The van der Waals surface area contributed by atoms with Gasteiger partial charge in [-0.2, -0.15) is 12.6 Å². The number of nitrogens with two attached hydrogens (primary N) is 4. The van der Waals surface area contributed by atoms with Gasteiger partial charge >= 0.3 is 5.97 Å². The number of amides is 5. The third-order valence-corrected chi connectivity index (χ3v) is 6.16. The number of aliphatic hydroxyl groups excluding tert-OH is 2. The Kier molecular flexibility index (Phi) is 20.0. The largest absolute Gasteiger partial charge is 0.480 e. The van der Waals surface area contributed by atoms with Crippen LogP contribution in [-0.4, -0.2) is 126 Å². The first-order valence-electron chi connectivity index (χ1n) is 13.4. The molecule has 0 heterocycles. The number of guanidine groups is 1. The molecule has 0 unspecified atom stereocenters. The number of carboxylic acids is 1. The van der Waals surface area contributed by atoms with E-state index in [1.807, 2.05) is 0 Å². The number of carboxylic acid groups (broad SMARTS) is 1. The second-order valence-electron chi connectivity index (χ2n) is 9.19. The molecular formula is C23H44N10O9S. The molecule has 0 fully saturated rings. The van der Waals surface area contributed by atoms with Crippen molar-refractivity contribution < 1.29 is 44.1 Å². The molecule has 0 aliphatic heterocycles. The predicted octanol–water partition coefficient (Wildman–Crippen LogP) is -6.45. The molecule has 16 N–H and O–H groups in total. The van der Waals surface area contributed by atoms with Crippen LogP contribution in [0.25, 0.3) is 0 Å². The summed E-state index contributed by atoms with van der Waals surface area (Å²) in [7, 11) is 0. The Morgan fingerprint density at radius 3 is 1.63 bits per heavy atom. The maximum absolute atomic E-state index is 13.0.